The van der Waals surface area contributed by atoms with E-state index in [2.05, 4.69) is 0 Å². The number of benzene rings is 1. The summed E-state index contributed by atoms with van der Waals surface area (Å²) >= 11 is 0. The van der Waals surface area contributed by atoms with Gasteiger partial charge >= 0.3 is 0 Å². The number of nitrogens with zero attached hydrogens (tertiary/aromatic N) is 1. The number of hydrogen-bond acceptors (Lipinski definition) is 5. The molecule has 21 heavy (non-hydrogen) atoms. The fraction of sp³-hybridized carbons (Fsp3) is 0.273. The number of rotatable bonds is 6. The van der Waals surface area contributed by atoms with Gasteiger partial charge < -0.3 is 17.2 Å². The van der Waals surface area contributed by atoms with E-state index in [0.29, 0.717) is 4.31 Å². The molecule has 0 heterocycles. The third kappa shape index (κ3) is 3.89. The lowest BCUT2D eigenvalue weighted by atomic mass is 10.2. The third-order valence-corrected chi connectivity index (χ3v) is 4.52. The van der Waals surface area contributed by atoms with Gasteiger partial charge in [-0.25, -0.2) is 12.8 Å². The topological polar surface area (TPSA) is 150 Å². The highest BCUT2D eigenvalue weighted by atomic mass is 32.2. The van der Waals surface area contributed by atoms with Gasteiger partial charge in [-0.2, -0.15) is 4.31 Å². The molecule has 0 aliphatic rings. The maximum Gasteiger partial charge on any atom is 0.244 e. The van der Waals surface area contributed by atoms with E-state index in [0.717, 1.165) is 12.1 Å². The summed E-state index contributed by atoms with van der Waals surface area (Å²) in [6, 6.07) is 1.99. The zero-order valence-corrected chi connectivity index (χ0v) is 12.0. The van der Waals surface area contributed by atoms with Crippen molar-refractivity contribution < 1.29 is 22.4 Å². The van der Waals surface area contributed by atoms with Crippen LogP contribution in [0.25, 0.3) is 0 Å². The van der Waals surface area contributed by atoms with E-state index in [1.807, 2.05) is 0 Å². The van der Waals surface area contributed by atoms with Crippen molar-refractivity contribution in [1.82, 2.24) is 4.31 Å². The van der Waals surface area contributed by atoms with E-state index < -0.39 is 45.6 Å². The van der Waals surface area contributed by atoms with Crippen LogP contribution >= 0.6 is 0 Å². The van der Waals surface area contributed by atoms with Gasteiger partial charge in [-0.05, 0) is 19.1 Å². The molecule has 0 saturated carbocycles. The molecule has 0 radical (unpaired) electrons. The van der Waals surface area contributed by atoms with E-state index in [4.69, 9.17) is 17.2 Å². The Morgan fingerprint density at radius 3 is 2.10 bits per heavy atom. The highest BCUT2D eigenvalue weighted by molar-refractivity contribution is 7.89. The van der Waals surface area contributed by atoms with Crippen molar-refractivity contribution in [1.29, 1.82) is 0 Å². The summed E-state index contributed by atoms with van der Waals surface area (Å²) in [5.74, 6) is -2.80. The molecule has 0 bridgehead atoms. The Labute approximate surface area is 120 Å². The second kappa shape index (κ2) is 6.06. The molecule has 0 atom stereocenters. The maximum absolute atomic E-state index is 13.6. The van der Waals surface area contributed by atoms with Crippen LogP contribution in [-0.4, -0.2) is 37.6 Å². The highest BCUT2D eigenvalue weighted by Gasteiger charge is 2.30. The molecule has 116 valence electrons. The highest BCUT2D eigenvalue weighted by Crippen LogP contribution is 2.24. The number of anilines is 1. The number of hydrogen-bond donors (Lipinski definition) is 3. The second-order valence-electron chi connectivity index (χ2n) is 4.33. The summed E-state index contributed by atoms with van der Waals surface area (Å²) in [5.41, 5.74) is 15.0. The van der Waals surface area contributed by atoms with Gasteiger partial charge in [-0.15, -0.1) is 0 Å². The average Bonchev–Trinajstić information content (AvgIpc) is 2.31. The fourth-order valence-electron chi connectivity index (χ4n) is 1.65. The van der Waals surface area contributed by atoms with Crippen LogP contribution in [0.3, 0.4) is 0 Å². The lowest BCUT2D eigenvalue weighted by Crippen LogP contribution is -2.43. The predicted octanol–water partition coefficient (Wildman–Crippen LogP) is -1.32. The van der Waals surface area contributed by atoms with Crippen LogP contribution in [0.4, 0.5) is 10.1 Å². The number of nitrogens with two attached hydrogens (primary N) is 3. The van der Waals surface area contributed by atoms with E-state index >= 15 is 0 Å². The van der Waals surface area contributed by atoms with E-state index in [-0.39, 0.29) is 11.3 Å². The van der Waals surface area contributed by atoms with Crippen LogP contribution < -0.4 is 17.2 Å². The third-order valence-electron chi connectivity index (χ3n) is 2.60. The first-order valence-electron chi connectivity index (χ1n) is 5.68. The molecule has 0 aliphatic heterocycles. The molecule has 0 aromatic heterocycles. The standard InChI is InChI=1S/C11H15FN4O4S/c1-6-8(12)2-7(13)3-9(6)21(19,20)16(4-10(14)17)5-11(15)18/h2-3H,4-5,13H2,1H3,(H2,14,17)(H2,15,18). The van der Waals surface area contributed by atoms with Crippen LogP contribution in [0.1, 0.15) is 5.56 Å². The normalized spacial score (nSPS) is 11.6. The van der Waals surface area contributed by atoms with Crippen LogP contribution in [0.15, 0.2) is 17.0 Å². The van der Waals surface area contributed by atoms with E-state index in [1.54, 1.807) is 0 Å². The number of carbonyl (C=O) groups excluding carboxylic acids is 2. The molecule has 0 saturated heterocycles. The smallest absolute Gasteiger partial charge is 0.244 e. The Hall–Kier alpha value is -2.20. The summed E-state index contributed by atoms with van der Waals surface area (Å²) in [6.07, 6.45) is 0. The summed E-state index contributed by atoms with van der Waals surface area (Å²) in [6.45, 7) is -0.295. The Morgan fingerprint density at radius 2 is 1.67 bits per heavy atom. The monoisotopic (exact) mass is 318 g/mol. The molecule has 10 heteroatoms. The quantitative estimate of drug-likeness (QED) is 0.556. The Balaban J connectivity index is 3.41. The van der Waals surface area contributed by atoms with Gasteiger partial charge in [0.25, 0.3) is 0 Å². The van der Waals surface area contributed by atoms with Crippen molar-refractivity contribution in [3.8, 4) is 0 Å². The van der Waals surface area contributed by atoms with E-state index in [1.165, 1.54) is 6.92 Å². The molecule has 1 aromatic carbocycles. The molecular weight excluding hydrogens is 303 g/mol. The summed E-state index contributed by atoms with van der Waals surface area (Å²) in [5, 5.41) is 0. The lowest BCUT2D eigenvalue weighted by Gasteiger charge is -2.20. The zero-order chi connectivity index (χ0) is 16.4. The van der Waals surface area contributed by atoms with Crippen molar-refractivity contribution in [2.45, 2.75) is 11.8 Å². The molecule has 0 spiro atoms. The number of primary amides is 2. The van der Waals surface area contributed by atoms with Gasteiger partial charge in [0.05, 0.1) is 18.0 Å². The van der Waals surface area contributed by atoms with Crippen LogP contribution in [0.2, 0.25) is 0 Å². The first-order valence-corrected chi connectivity index (χ1v) is 7.12. The molecule has 0 fully saturated rings. The summed E-state index contributed by atoms with van der Waals surface area (Å²) in [7, 11) is -4.36. The SMILES string of the molecule is Cc1c(F)cc(N)cc1S(=O)(=O)N(CC(N)=O)CC(N)=O. The Kier molecular flexibility index (Phi) is 4.86. The van der Waals surface area contributed by atoms with Crippen molar-refractivity contribution in [3.63, 3.8) is 0 Å². The van der Waals surface area contributed by atoms with Crippen LogP contribution in [-0.2, 0) is 19.6 Å². The minimum absolute atomic E-state index is 0.116. The largest absolute Gasteiger partial charge is 0.399 e. The molecule has 1 aromatic rings. The van der Waals surface area contributed by atoms with E-state index in [9.17, 15) is 22.4 Å². The molecule has 0 aliphatic carbocycles. The average molecular weight is 318 g/mol. The number of carbonyl (C=O) groups is 2. The fourth-order valence-corrected chi connectivity index (χ4v) is 3.30. The zero-order valence-electron chi connectivity index (χ0n) is 11.2. The molecule has 0 unspecified atom stereocenters. The molecule has 1 rings (SSSR count). The van der Waals surface area contributed by atoms with Gasteiger partial charge in [-0.1, -0.05) is 0 Å². The minimum atomic E-state index is -4.36. The summed E-state index contributed by atoms with van der Waals surface area (Å²) < 4.78 is 38.9. The molecule has 8 nitrogen and oxygen atoms in total. The van der Waals surface area contributed by atoms with Gasteiger partial charge in [0.15, 0.2) is 0 Å². The van der Waals surface area contributed by atoms with Crippen molar-refractivity contribution in [3.05, 3.63) is 23.5 Å². The first-order chi connectivity index (χ1) is 9.55. The summed E-state index contributed by atoms with van der Waals surface area (Å²) in [4.78, 5) is 21.5. The van der Waals surface area contributed by atoms with Crippen molar-refractivity contribution >= 4 is 27.5 Å². The molecular formula is C11H15FN4O4S. The first kappa shape index (κ1) is 16.9. The second-order valence-corrected chi connectivity index (χ2v) is 6.24. The van der Waals surface area contributed by atoms with Crippen molar-refractivity contribution in [2.24, 2.45) is 11.5 Å². The Morgan fingerprint density at radius 1 is 1.19 bits per heavy atom. The van der Waals surface area contributed by atoms with Gasteiger partial charge in [0.2, 0.25) is 21.8 Å². The number of amides is 2. The number of sulfonamides is 1. The minimum Gasteiger partial charge on any atom is -0.399 e. The number of nitrogen functional groups attached to an aromatic ring is 1. The van der Waals surface area contributed by atoms with Crippen LogP contribution in [0.5, 0.6) is 0 Å². The molecule has 2 amide bonds. The van der Waals surface area contributed by atoms with Gasteiger partial charge in [0, 0.05) is 11.3 Å². The predicted molar refractivity (Wildman–Crippen MR) is 72.7 cm³/mol. The lowest BCUT2D eigenvalue weighted by molar-refractivity contribution is -0.120. The van der Waals surface area contributed by atoms with Gasteiger partial charge in [-0.3, -0.25) is 9.59 Å². The molecule has 6 N–H and O–H groups in total. The van der Waals surface area contributed by atoms with Gasteiger partial charge in [0.1, 0.15) is 5.82 Å². The van der Waals surface area contributed by atoms with Crippen LogP contribution in [0, 0.1) is 12.7 Å². The Bertz CT molecular complexity index is 674. The number of halogens is 1. The van der Waals surface area contributed by atoms with Crippen molar-refractivity contribution in [2.75, 3.05) is 18.8 Å². The maximum atomic E-state index is 13.6.